The lowest BCUT2D eigenvalue weighted by Gasteiger charge is -2.12. The fraction of sp³-hybridized carbons (Fsp3) is 0.222. The van der Waals surface area contributed by atoms with Crippen molar-refractivity contribution in [2.45, 2.75) is 21.7 Å². The highest BCUT2D eigenvalue weighted by Crippen LogP contribution is 2.42. The molecule has 0 aliphatic rings. The van der Waals surface area contributed by atoms with Gasteiger partial charge >= 0.3 is 5.51 Å². The van der Waals surface area contributed by atoms with E-state index in [0.29, 0.717) is 12.1 Å². The van der Waals surface area contributed by atoms with E-state index in [9.17, 15) is 30.4 Å². The molecule has 0 heterocycles. The van der Waals surface area contributed by atoms with E-state index < -0.39 is 53.7 Å². The lowest BCUT2D eigenvalue weighted by molar-refractivity contribution is -0.0328. The van der Waals surface area contributed by atoms with Crippen molar-refractivity contribution in [3.63, 3.8) is 0 Å². The first kappa shape index (κ1) is 17.0. The van der Waals surface area contributed by atoms with Gasteiger partial charge in [-0.1, -0.05) is 0 Å². The summed E-state index contributed by atoms with van der Waals surface area (Å²) in [5.74, 6) is 0. The van der Waals surface area contributed by atoms with Crippen molar-refractivity contribution in [3.05, 3.63) is 23.3 Å². The molecule has 11 heteroatoms. The first-order valence-electron chi connectivity index (χ1n) is 4.52. The molecule has 1 aromatic rings. The van der Waals surface area contributed by atoms with Gasteiger partial charge in [-0.2, -0.15) is 18.4 Å². The van der Waals surface area contributed by atoms with Crippen LogP contribution in [-0.4, -0.2) is 13.9 Å². The number of benzene rings is 1. The molecule has 0 aliphatic carbocycles. The van der Waals surface area contributed by atoms with Gasteiger partial charge in [-0.25, -0.2) is 17.2 Å². The molecule has 0 unspecified atom stereocenters. The van der Waals surface area contributed by atoms with Gasteiger partial charge in [-0.3, -0.25) is 0 Å². The Balaban J connectivity index is 3.63. The molecule has 0 bridgehead atoms. The van der Waals surface area contributed by atoms with E-state index in [1.54, 1.807) is 0 Å². The molecule has 1 aromatic carbocycles. The number of rotatable bonds is 3. The minimum absolute atomic E-state index is 0.381. The first-order valence-corrected chi connectivity index (χ1v) is 7.65. The molecular formula is C9H3ClF5NO2S2. The van der Waals surface area contributed by atoms with Gasteiger partial charge in [0.1, 0.15) is 6.07 Å². The van der Waals surface area contributed by atoms with Crippen molar-refractivity contribution in [1.82, 2.24) is 0 Å². The number of thioether (sulfide) groups is 1. The highest BCUT2D eigenvalue weighted by atomic mass is 35.7. The zero-order valence-corrected chi connectivity index (χ0v) is 11.5. The maximum atomic E-state index is 12.7. The predicted octanol–water partition coefficient (Wildman–Crippen LogP) is 4.04. The predicted molar refractivity (Wildman–Crippen MR) is 61.1 cm³/mol. The first-order chi connectivity index (χ1) is 8.95. The third-order valence-electron chi connectivity index (χ3n) is 1.96. The van der Waals surface area contributed by atoms with Crippen LogP contribution in [0.3, 0.4) is 0 Å². The average molecular weight is 352 g/mol. The quantitative estimate of drug-likeness (QED) is 0.468. The molecule has 0 atom stereocenters. The molecule has 0 spiro atoms. The Hall–Kier alpha value is -1.05. The number of alkyl halides is 5. The number of nitrogens with zero attached hydrogens (tertiary/aromatic N) is 1. The zero-order chi connectivity index (χ0) is 15.7. The summed E-state index contributed by atoms with van der Waals surface area (Å²) >= 11 is -0.865. The lowest BCUT2D eigenvalue weighted by Crippen LogP contribution is -2.04. The van der Waals surface area contributed by atoms with Crippen LogP contribution < -0.4 is 0 Å². The van der Waals surface area contributed by atoms with Crippen molar-refractivity contribution in [1.29, 1.82) is 5.26 Å². The van der Waals surface area contributed by atoms with Crippen LogP contribution in [0.25, 0.3) is 0 Å². The second-order valence-electron chi connectivity index (χ2n) is 3.28. The summed E-state index contributed by atoms with van der Waals surface area (Å²) in [5, 5.41) is 8.69. The maximum Gasteiger partial charge on any atom is 0.446 e. The largest absolute Gasteiger partial charge is 0.446 e. The Morgan fingerprint density at radius 3 is 2.20 bits per heavy atom. The molecule has 110 valence electrons. The van der Waals surface area contributed by atoms with E-state index in [1.165, 1.54) is 6.07 Å². The smallest absolute Gasteiger partial charge is 0.207 e. The number of hydrogen-bond acceptors (Lipinski definition) is 4. The molecule has 0 aliphatic heterocycles. The highest BCUT2D eigenvalue weighted by molar-refractivity contribution is 8.13. The normalized spacial score (nSPS) is 12.5. The molecule has 20 heavy (non-hydrogen) atoms. The molecule has 0 aromatic heterocycles. The molecule has 0 saturated carbocycles. The molecule has 0 N–H and O–H groups in total. The van der Waals surface area contributed by atoms with Crippen LogP contribution in [-0.2, 0) is 9.05 Å². The Morgan fingerprint density at radius 1 is 1.30 bits per heavy atom. The molecular weight excluding hydrogens is 349 g/mol. The van der Waals surface area contributed by atoms with Crippen molar-refractivity contribution >= 4 is 31.5 Å². The third-order valence-corrected chi connectivity index (χ3v) is 4.07. The molecule has 0 amide bonds. The average Bonchev–Trinajstić information content (AvgIpc) is 2.24. The van der Waals surface area contributed by atoms with E-state index in [1.807, 2.05) is 0 Å². The topological polar surface area (TPSA) is 57.9 Å². The Labute approximate surface area is 118 Å². The van der Waals surface area contributed by atoms with Gasteiger partial charge in [0.2, 0.25) is 0 Å². The standard InChI is InChI=1S/C9H3ClF5NO2S2/c10-20(17,18)4-1-5(8(11)12)6(3-16)7(2-4)19-9(13,14)15/h1-2,8H. The summed E-state index contributed by atoms with van der Waals surface area (Å²) in [6, 6.07) is 2.02. The molecule has 1 rings (SSSR count). The summed E-state index contributed by atoms with van der Waals surface area (Å²) in [6.45, 7) is 0. The fourth-order valence-corrected chi connectivity index (χ4v) is 2.82. The molecule has 0 fully saturated rings. The van der Waals surface area contributed by atoms with Gasteiger partial charge in [0, 0.05) is 21.1 Å². The Bertz CT molecular complexity index is 666. The minimum atomic E-state index is -4.88. The fourth-order valence-electron chi connectivity index (χ4n) is 1.25. The molecule has 0 radical (unpaired) electrons. The van der Waals surface area contributed by atoms with Crippen LogP contribution in [0, 0.1) is 11.3 Å². The van der Waals surface area contributed by atoms with Crippen molar-refractivity contribution < 1.29 is 30.4 Å². The Kier molecular flexibility index (Phi) is 4.89. The van der Waals surface area contributed by atoms with Crippen molar-refractivity contribution in [2.75, 3.05) is 0 Å². The van der Waals surface area contributed by atoms with Crippen LogP contribution in [0.4, 0.5) is 22.0 Å². The van der Waals surface area contributed by atoms with Crippen LogP contribution in [0.1, 0.15) is 17.6 Å². The molecule has 3 nitrogen and oxygen atoms in total. The van der Waals surface area contributed by atoms with E-state index in [4.69, 9.17) is 15.9 Å². The zero-order valence-electron chi connectivity index (χ0n) is 9.08. The summed E-state index contributed by atoms with van der Waals surface area (Å²) < 4.78 is 84.5. The van der Waals surface area contributed by atoms with Crippen molar-refractivity contribution in [2.24, 2.45) is 0 Å². The Morgan fingerprint density at radius 2 is 1.85 bits per heavy atom. The number of halogens is 6. The van der Waals surface area contributed by atoms with Crippen LogP contribution in [0.5, 0.6) is 0 Å². The minimum Gasteiger partial charge on any atom is -0.207 e. The summed E-state index contributed by atoms with van der Waals surface area (Å²) in [4.78, 5) is -1.88. The number of hydrogen-bond donors (Lipinski definition) is 0. The van der Waals surface area contributed by atoms with Crippen molar-refractivity contribution in [3.8, 4) is 6.07 Å². The maximum absolute atomic E-state index is 12.7. The summed E-state index contributed by atoms with van der Waals surface area (Å²) in [7, 11) is 0.415. The monoisotopic (exact) mass is 351 g/mol. The van der Waals surface area contributed by atoms with E-state index in [-0.39, 0.29) is 0 Å². The van der Waals surface area contributed by atoms with Gasteiger partial charge in [0.15, 0.2) is 0 Å². The van der Waals surface area contributed by atoms with Gasteiger partial charge < -0.3 is 0 Å². The van der Waals surface area contributed by atoms with Crippen LogP contribution in [0.15, 0.2) is 21.9 Å². The van der Waals surface area contributed by atoms with Gasteiger partial charge in [0.05, 0.1) is 10.5 Å². The SMILES string of the molecule is N#Cc1c(SC(F)(F)F)cc(S(=O)(=O)Cl)cc1C(F)F. The second kappa shape index (κ2) is 5.75. The molecule has 0 saturated heterocycles. The summed E-state index contributed by atoms with van der Waals surface area (Å²) in [6.07, 6.45) is -3.32. The number of nitriles is 1. The summed E-state index contributed by atoms with van der Waals surface area (Å²) in [5.41, 5.74) is -6.94. The van der Waals surface area contributed by atoms with Gasteiger partial charge in [0.25, 0.3) is 15.5 Å². The van der Waals surface area contributed by atoms with Crippen LogP contribution >= 0.6 is 22.4 Å². The van der Waals surface area contributed by atoms with Gasteiger partial charge in [-0.15, -0.1) is 0 Å². The third kappa shape index (κ3) is 4.22. The second-order valence-corrected chi connectivity index (χ2v) is 6.96. The van der Waals surface area contributed by atoms with E-state index >= 15 is 0 Å². The van der Waals surface area contributed by atoms with Gasteiger partial charge in [-0.05, 0) is 23.9 Å². The lowest BCUT2D eigenvalue weighted by atomic mass is 10.1. The highest BCUT2D eigenvalue weighted by Gasteiger charge is 2.33. The van der Waals surface area contributed by atoms with E-state index in [2.05, 4.69) is 0 Å². The van der Waals surface area contributed by atoms with Crippen LogP contribution in [0.2, 0.25) is 0 Å². The van der Waals surface area contributed by atoms with E-state index in [0.717, 1.165) is 0 Å².